The first kappa shape index (κ1) is 23.6. The van der Waals surface area contributed by atoms with Gasteiger partial charge in [-0.1, -0.05) is 27.7 Å². The first-order valence-electron chi connectivity index (χ1n) is 10.2. The van der Waals surface area contributed by atoms with Crippen molar-refractivity contribution in [2.75, 3.05) is 13.2 Å². The van der Waals surface area contributed by atoms with Crippen LogP contribution in [0, 0.1) is 11.8 Å². The molecule has 0 saturated carbocycles. The highest BCUT2D eigenvalue weighted by atomic mass is 16.5. The summed E-state index contributed by atoms with van der Waals surface area (Å²) in [7, 11) is 0. The van der Waals surface area contributed by atoms with Crippen molar-refractivity contribution in [1.29, 1.82) is 0 Å². The molecule has 0 radical (unpaired) electrons. The van der Waals surface area contributed by atoms with Crippen LogP contribution in [0.3, 0.4) is 0 Å². The third-order valence-electron chi connectivity index (χ3n) is 5.47. The predicted octanol–water partition coefficient (Wildman–Crippen LogP) is 3.29. The molecule has 1 aliphatic rings. The molecule has 6 heteroatoms. The Balaban J connectivity index is 2.52. The maximum atomic E-state index is 12.4. The summed E-state index contributed by atoms with van der Waals surface area (Å²) in [5, 5.41) is 2.92. The van der Waals surface area contributed by atoms with Gasteiger partial charge < -0.3 is 10.1 Å². The highest BCUT2D eigenvalue weighted by Gasteiger charge is 2.45. The highest BCUT2D eigenvalue weighted by molar-refractivity contribution is 6.04. The van der Waals surface area contributed by atoms with Gasteiger partial charge in [0, 0.05) is 37.5 Å². The zero-order valence-electron chi connectivity index (χ0n) is 18.2. The van der Waals surface area contributed by atoms with E-state index < -0.39 is 11.1 Å². The van der Waals surface area contributed by atoms with Crippen molar-refractivity contribution in [3.05, 3.63) is 0 Å². The van der Waals surface area contributed by atoms with Crippen molar-refractivity contribution in [3.63, 3.8) is 0 Å². The van der Waals surface area contributed by atoms with Gasteiger partial charge in [0.15, 0.2) is 0 Å². The van der Waals surface area contributed by atoms with E-state index in [9.17, 15) is 14.4 Å². The largest absolute Gasteiger partial charge is 0.375 e. The van der Waals surface area contributed by atoms with Gasteiger partial charge in [-0.25, -0.2) is 0 Å². The number of carbonyl (C=O) groups is 3. The first-order valence-corrected chi connectivity index (χ1v) is 10.2. The second-order valence-electron chi connectivity index (χ2n) is 9.08. The molecule has 0 bridgehead atoms. The standard InChI is InChI=1S/C21H38N2O4/c1-8-21(7,23-18(25)13-16(4)19(23)26)11-12-27-20(5,6)10-9-17(24)22-14-15(2)3/h15-16H,8-14H2,1-7H3,(H,22,24). The molecule has 0 aliphatic carbocycles. The number of carbonyl (C=O) groups excluding carboxylic acids is 3. The number of amides is 3. The second kappa shape index (κ2) is 9.67. The van der Waals surface area contributed by atoms with Crippen LogP contribution in [0.15, 0.2) is 0 Å². The van der Waals surface area contributed by atoms with Gasteiger partial charge in [0.25, 0.3) is 0 Å². The molecule has 6 nitrogen and oxygen atoms in total. The minimum absolute atomic E-state index is 0.0426. The Hall–Kier alpha value is -1.43. The van der Waals surface area contributed by atoms with E-state index in [-0.39, 0.29) is 23.6 Å². The molecule has 1 N–H and O–H groups in total. The van der Waals surface area contributed by atoms with Gasteiger partial charge in [-0.3, -0.25) is 19.3 Å². The van der Waals surface area contributed by atoms with E-state index in [4.69, 9.17) is 4.74 Å². The maximum Gasteiger partial charge on any atom is 0.233 e. The molecule has 0 aromatic rings. The van der Waals surface area contributed by atoms with Gasteiger partial charge in [0.05, 0.1) is 5.60 Å². The fourth-order valence-corrected chi connectivity index (χ4v) is 3.24. The van der Waals surface area contributed by atoms with Crippen LogP contribution in [0.1, 0.15) is 80.6 Å². The van der Waals surface area contributed by atoms with E-state index in [1.807, 2.05) is 27.7 Å². The monoisotopic (exact) mass is 382 g/mol. The summed E-state index contributed by atoms with van der Waals surface area (Å²) in [6.07, 6.45) is 2.63. The number of nitrogens with one attached hydrogen (secondary N) is 1. The van der Waals surface area contributed by atoms with Crippen molar-refractivity contribution in [2.24, 2.45) is 11.8 Å². The van der Waals surface area contributed by atoms with Crippen LogP contribution >= 0.6 is 0 Å². The lowest BCUT2D eigenvalue weighted by molar-refractivity contribution is -0.147. The number of rotatable bonds is 11. The first-order chi connectivity index (χ1) is 12.4. The van der Waals surface area contributed by atoms with Crippen molar-refractivity contribution in [1.82, 2.24) is 10.2 Å². The van der Waals surface area contributed by atoms with Gasteiger partial charge in [-0.05, 0) is 46.0 Å². The van der Waals surface area contributed by atoms with E-state index in [0.717, 1.165) is 0 Å². The van der Waals surface area contributed by atoms with Crippen LogP contribution in [0.4, 0.5) is 0 Å². The quantitative estimate of drug-likeness (QED) is 0.556. The lowest BCUT2D eigenvalue weighted by atomic mass is 9.92. The van der Waals surface area contributed by atoms with Gasteiger partial charge in [-0.2, -0.15) is 0 Å². The Morgan fingerprint density at radius 1 is 1.26 bits per heavy atom. The van der Waals surface area contributed by atoms with E-state index in [0.29, 0.717) is 51.2 Å². The van der Waals surface area contributed by atoms with Crippen LogP contribution in [-0.4, -0.2) is 46.9 Å². The van der Waals surface area contributed by atoms with Crippen LogP contribution in [0.25, 0.3) is 0 Å². The Morgan fingerprint density at radius 3 is 2.37 bits per heavy atom. The normalized spacial score (nSPS) is 20.3. The molecule has 156 valence electrons. The molecule has 1 fully saturated rings. The molecule has 1 rings (SSSR count). The summed E-state index contributed by atoms with van der Waals surface area (Å²) < 4.78 is 6.03. The molecule has 0 aromatic heterocycles. The van der Waals surface area contributed by atoms with Crippen LogP contribution in [0.5, 0.6) is 0 Å². The van der Waals surface area contributed by atoms with Crippen molar-refractivity contribution >= 4 is 17.7 Å². The number of hydrogen-bond donors (Lipinski definition) is 1. The van der Waals surface area contributed by atoms with Crippen molar-refractivity contribution in [2.45, 2.75) is 91.7 Å². The van der Waals surface area contributed by atoms with Gasteiger partial charge >= 0.3 is 0 Å². The molecule has 0 spiro atoms. The third-order valence-corrected chi connectivity index (χ3v) is 5.47. The number of likely N-dealkylation sites (tertiary alicyclic amines) is 1. The lowest BCUT2D eigenvalue weighted by Crippen LogP contribution is -2.50. The highest BCUT2D eigenvalue weighted by Crippen LogP contribution is 2.32. The molecule has 3 amide bonds. The molecule has 2 atom stereocenters. The van der Waals surface area contributed by atoms with E-state index >= 15 is 0 Å². The van der Waals surface area contributed by atoms with Crippen LogP contribution < -0.4 is 5.32 Å². The summed E-state index contributed by atoms with van der Waals surface area (Å²) in [6, 6.07) is 0. The Morgan fingerprint density at radius 2 is 1.89 bits per heavy atom. The average Bonchev–Trinajstić information content (AvgIpc) is 2.83. The van der Waals surface area contributed by atoms with Gasteiger partial charge in [-0.15, -0.1) is 0 Å². The molecule has 1 heterocycles. The van der Waals surface area contributed by atoms with Gasteiger partial charge in [0.1, 0.15) is 0 Å². The summed E-state index contributed by atoms with van der Waals surface area (Å²) in [6.45, 7) is 15.0. The molecule has 27 heavy (non-hydrogen) atoms. The van der Waals surface area contributed by atoms with E-state index in [2.05, 4.69) is 19.2 Å². The third kappa shape index (κ3) is 6.91. The Kier molecular flexibility index (Phi) is 8.46. The maximum absolute atomic E-state index is 12.4. The lowest BCUT2D eigenvalue weighted by Gasteiger charge is -2.38. The molecule has 2 unspecified atom stereocenters. The van der Waals surface area contributed by atoms with E-state index in [1.165, 1.54) is 4.90 Å². The molecule has 1 saturated heterocycles. The second-order valence-corrected chi connectivity index (χ2v) is 9.08. The smallest absolute Gasteiger partial charge is 0.233 e. The predicted molar refractivity (Wildman–Crippen MR) is 106 cm³/mol. The molecular formula is C21H38N2O4. The minimum Gasteiger partial charge on any atom is -0.375 e. The minimum atomic E-state index is -0.524. The SMILES string of the molecule is CCC(C)(CCOC(C)(C)CCC(=O)NCC(C)C)N1C(=O)CC(C)C1=O. The van der Waals surface area contributed by atoms with Crippen molar-refractivity contribution in [3.8, 4) is 0 Å². The summed E-state index contributed by atoms with van der Waals surface area (Å²) in [4.78, 5) is 38.0. The Bertz CT molecular complexity index is 544. The number of hydrogen-bond acceptors (Lipinski definition) is 4. The molecule has 0 aromatic carbocycles. The Labute approximate surface area is 164 Å². The summed E-state index contributed by atoms with van der Waals surface area (Å²) in [5.74, 6) is 0.0816. The van der Waals surface area contributed by atoms with Crippen LogP contribution in [-0.2, 0) is 19.1 Å². The van der Waals surface area contributed by atoms with Crippen LogP contribution in [0.2, 0.25) is 0 Å². The fourth-order valence-electron chi connectivity index (χ4n) is 3.24. The molecule has 1 aliphatic heterocycles. The number of imide groups is 1. The van der Waals surface area contributed by atoms with E-state index in [1.54, 1.807) is 6.92 Å². The summed E-state index contributed by atoms with van der Waals surface area (Å²) >= 11 is 0. The van der Waals surface area contributed by atoms with Gasteiger partial charge in [0.2, 0.25) is 17.7 Å². The topological polar surface area (TPSA) is 75.7 Å². The summed E-state index contributed by atoms with van der Waals surface area (Å²) in [5.41, 5.74) is -0.959. The molecular weight excluding hydrogens is 344 g/mol. The fraction of sp³-hybridized carbons (Fsp3) is 0.857. The number of nitrogens with zero attached hydrogens (tertiary/aromatic N) is 1. The zero-order valence-corrected chi connectivity index (χ0v) is 18.2. The zero-order chi connectivity index (χ0) is 20.8. The van der Waals surface area contributed by atoms with Crippen molar-refractivity contribution < 1.29 is 19.1 Å². The number of ether oxygens (including phenoxy) is 1. The average molecular weight is 383 g/mol.